The zero-order valence-electron chi connectivity index (χ0n) is 15.0. The third-order valence-electron chi connectivity index (χ3n) is 3.28. The molecule has 0 bridgehead atoms. The molecule has 0 fully saturated rings. The molecule has 1 rings (SSSR count). The number of hydrogen-bond acceptors (Lipinski definition) is 6. The molecule has 138 valence electrons. The van der Waals surface area contributed by atoms with Crippen molar-refractivity contribution >= 4 is 17.8 Å². The maximum absolute atomic E-state index is 12.4. The Hall–Kier alpha value is -2.41. The van der Waals surface area contributed by atoms with Crippen molar-refractivity contribution in [2.75, 3.05) is 26.9 Å². The third kappa shape index (κ3) is 6.19. The Morgan fingerprint density at radius 2 is 1.64 bits per heavy atom. The Morgan fingerprint density at radius 1 is 1.04 bits per heavy atom. The maximum atomic E-state index is 12.4. The molecular formula is C18H25NO6. The molecule has 0 saturated heterocycles. The third-order valence-corrected chi connectivity index (χ3v) is 3.28. The summed E-state index contributed by atoms with van der Waals surface area (Å²) >= 11 is 0. The van der Waals surface area contributed by atoms with Crippen LogP contribution in [0.3, 0.4) is 0 Å². The van der Waals surface area contributed by atoms with E-state index in [1.54, 1.807) is 30.3 Å². The molecule has 25 heavy (non-hydrogen) atoms. The Kier molecular flexibility index (Phi) is 8.07. The van der Waals surface area contributed by atoms with Crippen LogP contribution in [0.1, 0.15) is 31.1 Å². The molecule has 0 aliphatic carbocycles. The first-order valence-corrected chi connectivity index (χ1v) is 8.02. The van der Waals surface area contributed by atoms with Crippen molar-refractivity contribution in [1.82, 2.24) is 5.32 Å². The van der Waals surface area contributed by atoms with Gasteiger partial charge in [-0.15, -0.1) is 0 Å². The first-order chi connectivity index (χ1) is 11.8. The lowest BCUT2D eigenvalue weighted by atomic mass is 10.0. The van der Waals surface area contributed by atoms with E-state index in [2.05, 4.69) is 5.32 Å². The van der Waals surface area contributed by atoms with E-state index in [0.717, 1.165) is 0 Å². The first-order valence-electron chi connectivity index (χ1n) is 8.02. The van der Waals surface area contributed by atoms with E-state index in [-0.39, 0.29) is 25.7 Å². The van der Waals surface area contributed by atoms with E-state index in [1.807, 2.05) is 13.8 Å². The highest BCUT2D eigenvalue weighted by atomic mass is 16.6. The van der Waals surface area contributed by atoms with Crippen molar-refractivity contribution in [2.24, 2.45) is 5.92 Å². The Morgan fingerprint density at radius 3 is 2.20 bits per heavy atom. The minimum Gasteiger partial charge on any atom is -0.463 e. The highest BCUT2D eigenvalue weighted by molar-refractivity contribution is 6.09. The zero-order chi connectivity index (χ0) is 18.9. The quantitative estimate of drug-likeness (QED) is 0.412. The molecule has 0 heterocycles. The van der Waals surface area contributed by atoms with E-state index in [0.29, 0.717) is 5.56 Å². The number of hydrogen-bond donors (Lipinski definition) is 1. The van der Waals surface area contributed by atoms with Crippen LogP contribution < -0.4 is 5.32 Å². The minimum absolute atomic E-state index is 0.0381. The number of ether oxygens (including phenoxy) is 3. The van der Waals surface area contributed by atoms with Crippen molar-refractivity contribution in [3.8, 4) is 0 Å². The summed E-state index contributed by atoms with van der Waals surface area (Å²) in [7, 11) is 1.46. The lowest BCUT2D eigenvalue weighted by Gasteiger charge is -2.27. The van der Waals surface area contributed by atoms with Gasteiger partial charge < -0.3 is 19.5 Å². The van der Waals surface area contributed by atoms with Crippen LogP contribution in [0.2, 0.25) is 0 Å². The lowest BCUT2D eigenvalue weighted by molar-refractivity contribution is -0.166. The molecule has 1 atom stereocenters. The second kappa shape index (κ2) is 9.78. The molecule has 0 saturated carbocycles. The number of benzene rings is 1. The fraction of sp³-hybridized carbons (Fsp3) is 0.500. The summed E-state index contributed by atoms with van der Waals surface area (Å²) in [6.45, 7) is 5.26. The van der Waals surface area contributed by atoms with Gasteiger partial charge in [0.25, 0.3) is 5.91 Å². The first kappa shape index (κ1) is 20.6. The Labute approximate surface area is 147 Å². The van der Waals surface area contributed by atoms with Gasteiger partial charge in [-0.05, 0) is 25.0 Å². The largest absolute Gasteiger partial charge is 0.463 e. The fourth-order valence-electron chi connectivity index (χ4n) is 1.82. The molecule has 7 nitrogen and oxygen atoms in total. The molecule has 1 amide bonds. The van der Waals surface area contributed by atoms with Crippen molar-refractivity contribution in [1.29, 1.82) is 0 Å². The number of amides is 1. The Bertz CT molecular complexity index is 586. The van der Waals surface area contributed by atoms with E-state index in [9.17, 15) is 14.4 Å². The molecule has 0 spiro atoms. The fourth-order valence-corrected chi connectivity index (χ4v) is 1.82. The van der Waals surface area contributed by atoms with Crippen molar-refractivity contribution < 1.29 is 28.6 Å². The van der Waals surface area contributed by atoms with Gasteiger partial charge in [-0.1, -0.05) is 32.0 Å². The summed E-state index contributed by atoms with van der Waals surface area (Å²) in [4.78, 5) is 37.2. The van der Waals surface area contributed by atoms with Gasteiger partial charge in [-0.3, -0.25) is 4.79 Å². The van der Waals surface area contributed by atoms with Crippen molar-refractivity contribution in [3.63, 3.8) is 0 Å². The van der Waals surface area contributed by atoms with E-state index >= 15 is 0 Å². The number of esters is 2. The van der Waals surface area contributed by atoms with Crippen LogP contribution in [-0.4, -0.2) is 50.3 Å². The topological polar surface area (TPSA) is 90.9 Å². The predicted molar refractivity (Wildman–Crippen MR) is 90.9 cm³/mol. The molecular weight excluding hydrogens is 326 g/mol. The van der Waals surface area contributed by atoms with E-state index < -0.39 is 23.4 Å². The number of methoxy groups -OCH3 is 1. The van der Waals surface area contributed by atoms with Gasteiger partial charge in [0.05, 0.1) is 13.2 Å². The lowest BCUT2D eigenvalue weighted by Crippen LogP contribution is -2.59. The molecule has 0 radical (unpaired) electrons. The summed E-state index contributed by atoms with van der Waals surface area (Å²) < 4.78 is 15.0. The van der Waals surface area contributed by atoms with Gasteiger partial charge in [0.15, 0.2) is 0 Å². The SMILES string of the molecule is COCCOC(=O)[C@@](C)(NC(=O)c1ccccc1)C(=O)OCC(C)C. The molecule has 1 N–H and O–H groups in total. The summed E-state index contributed by atoms with van der Waals surface area (Å²) in [6, 6.07) is 8.27. The second-order valence-electron chi connectivity index (χ2n) is 6.07. The van der Waals surface area contributed by atoms with Gasteiger partial charge in [-0.25, -0.2) is 9.59 Å². The molecule has 1 aromatic rings. The standard InChI is InChI=1S/C18H25NO6/c1-13(2)12-25-17(22)18(3,16(21)24-11-10-23-4)19-15(20)14-8-6-5-7-9-14/h5-9,13H,10-12H2,1-4H3,(H,19,20)/t18-/m1/s1. The van der Waals surface area contributed by atoms with Crippen LogP contribution in [-0.2, 0) is 23.8 Å². The maximum Gasteiger partial charge on any atom is 0.343 e. The highest BCUT2D eigenvalue weighted by Gasteiger charge is 2.46. The average Bonchev–Trinajstić information content (AvgIpc) is 2.60. The van der Waals surface area contributed by atoms with Gasteiger partial charge >= 0.3 is 11.9 Å². The summed E-state index contributed by atoms with van der Waals surface area (Å²) in [5, 5.41) is 2.43. The normalized spacial score (nSPS) is 13.0. The number of nitrogens with one attached hydrogen (secondary N) is 1. The second-order valence-corrected chi connectivity index (χ2v) is 6.07. The highest BCUT2D eigenvalue weighted by Crippen LogP contribution is 2.13. The molecule has 0 aliphatic heterocycles. The minimum atomic E-state index is -1.95. The van der Waals surface area contributed by atoms with Crippen LogP contribution in [0, 0.1) is 5.92 Å². The van der Waals surface area contributed by atoms with E-state index in [4.69, 9.17) is 14.2 Å². The number of carbonyl (C=O) groups excluding carboxylic acids is 3. The van der Waals surface area contributed by atoms with Crippen LogP contribution in [0.4, 0.5) is 0 Å². The smallest absolute Gasteiger partial charge is 0.343 e. The Balaban J connectivity index is 2.94. The van der Waals surface area contributed by atoms with Crippen LogP contribution in [0.5, 0.6) is 0 Å². The predicted octanol–water partition coefficient (Wildman–Crippen LogP) is 1.56. The molecule has 0 aliphatic rings. The van der Waals surface area contributed by atoms with Crippen molar-refractivity contribution in [2.45, 2.75) is 26.3 Å². The molecule has 0 aromatic heterocycles. The van der Waals surface area contributed by atoms with E-state index in [1.165, 1.54) is 14.0 Å². The van der Waals surface area contributed by atoms with Gasteiger partial charge in [0.1, 0.15) is 6.61 Å². The van der Waals surface area contributed by atoms with Crippen LogP contribution in [0.15, 0.2) is 30.3 Å². The van der Waals surface area contributed by atoms with Crippen LogP contribution >= 0.6 is 0 Å². The summed E-state index contributed by atoms with van der Waals surface area (Å²) in [5.74, 6) is -2.26. The van der Waals surface area contributed by atoms with Gasteiger partial charge in [0.2, 0.25) is 5.54 Å². The molecule has 0 unspecified atom stereocenters. The molecule has 7 heteroatoms. The number of carbonyl (C=O) groups is 3. The number of rotatable bonds is 9. The zero-order valence-corrected chi connectivity index (χ0v) is 15.0. The summed E-state index contributed by atoms with van der Waals surface area (Å²) in [6.07, 6.45) is 0. The van der Waals surface area contributed by atoms with Gasteiger partial charge in [0, 0.05) is 12.7 Å². The van der Waals surface area contributed by atoms with Crippen molar-refractivity contribution in [3.05, 3.63) is 35.9 Å². The summed E-state index contributed by atoms with van der Waals surface area (Å²) in [5.41, 5.74) is -1.63. The average molecular weight is 351 g/mol. The monoisotopic (exact) mass is 351 g/mol. The van der Waals surface area contributed by atoms with Gasteiger partial charge in [-0.2, -0.15) is 0 Å². The molecule has 1 aromatic carbocycles. The van der Waals surface area contributed by atoms with Crippen LogP contribution in [0.25, 0.3) is 0 Å².